The van der Waals surface area contributed by atoms with Gasteiger partial charge in [0.2, 0.25) is 0 Å². The van der Waals surface area contributed by atoms with E-state index in [-0.39, 0.29) is 5.37 Å². The lowest BCUT2D eigenvalue weighted by atomic mass is 10.0. The molecule has 1 fully saturated rings. The van der Waals surface area contributed by atoms with Gasteiger partial charge in [-0.25, -0.2) is 4.79 Å². The molecular formula is C22H19NO5S. The summed E-state index contributed by atoms with van der Waals surface area (Å²) >= 11 is 1.53. The van der Waals surface area contributed by atoms with Gasteiger partial charge in [0.05, 0.1) is 18.4 Å². The molecule has 1 aliphatic rings. The minimum atomic E-state index is -1.06. The number of carbonyl (C=O) groups excluding carboxylic acids is 2. The quantitative estimate of drug-likeness (QED) is 0.507. The monoisotopic (exact) mass is 409 g/mol. The number of esters is 1. The number of fused-ring (bicyclic) bond motifs is 1. The van der Waals surface area contributed by atoms with Gasteiger partial charge in [-0.3, -0.25) is 0 Å². The average molecular weight is 409 g/mol. The van der Waals surface area contributed by atoms with Crippen LogP contribution in [0.3, 0.4) is 0 Å². The summed E-state index contributed by atoms with van der Waals surface area (Å²) in [5.41, 5.74) is 1.37. The number of nitrogens with two attached hydrogens (primary N) is 1. The molecule has 6 nitrogen and oxygen atoms in total. The number of quaternary nitrogens is 1. The normalized spacial score (nSPS) is 18.5. The highest BCUT2D eigenvalue weighted by Crippen LogP contribution is 2.35. The minimum absolute atomic E-state index is 0.0744. The fourth-order valence-corrected chi connectivity index (χ4v) is 4.69. The number of aliphatic carboxylic acids is 1. The van der Waals surface area contributed by atoms with Crippen LogP contribution in [0.1, 0.15) is 21.3 Å². The van der Waals surface area contributed by atoms with E-state index >= 15 is 0 Å². The molecule has 1 heterocycles. The summed E-state index contributed by atoms with van der Waals surface area (Å²) in [5, 5.41) is 14.5. The molecule has 0 unspecified atom stereocenters. The summed E-state index contributed by atoms with van der Waals surface area (Å²) in [6.45, 7) is 0. The summed E-state index contributed by atoms with van der Waals surface area (Å²) in [4.78, 5) is 23.9. The first-order chi connectivity index (χ1) is 14.1. The van der Waals surface area contributed by atoms with Gasteiger partial charge < -0.3 is 24.7 Å². The Morgan fingerprint density at radius 1 is 1.07 bits per heavy atom. The zero-order valence-corrected chi connectivity index (χ0v) is 16.5. The smallest absolute Gasteiger partial charge is 0.344 e. The molecule has 0 bridgehead atoms. The Bertz CT molecular complexity index is 1080. The molecule has 3 aromatic rings. The van der Waals surface area contributed by atoms with Crippen LogP contribution in [0.5, 0.6) is 11.5 Å². The van der Waals surface area contributed by atoms with Crippen molar-refractivity contribution in [3.63, 3.8) is 0 Å². The molecule has 0 amide bonds. The van der Waals surface area contributed by atoms with Gasteiger partial charge >= 0.3 is 5.97 Å². The maximum absolute atomic E-state index is 12.8. The molecule has 0 aromatic heterocycles. The zero-order chi connectivity index (χ0) is 20.4. The number of ether oxygens (including phenoxy) is 2. The number of hydrogen-bond donors (Lipinski definition) is 1. The van der Waals surface area contributed by atoms with Crippen molar-refractivity contribution in [2.75, 3.05) is 12.9 Å². The fraction of sp³-hybridized carbons (Fsp3) is 0.182. The van der Waals surface area contributed by atoms with E-state index < -0.39 is 18.0 Å². The van der Waals surface area contributed by atoms with E-state index in [2.05, 4.69) is 0 Å². The van der Waals surface area contributed by atoms with E-state index in [1.165, 1.54) is 18.9 Å². The van der Waals surface area contributed by atoms with Crippen molar-refractivity contribution in [1.29, 1.82) is 0 Å². The van der Waals surface area contributed by atoms with Crippen molar-refractivity contribution < 1.29 is 29.5 Å². The molecule has 4 rings (SSSR count). The Hall–Kier alpha value is -3.03. The molecule has 1 saturated heterocycles. The second kappa shape index (κ2) is 8.14. The second-order valence-corrected chi connectivity index (χ2v) is 7.87. The third-order valence-corrected chi connectivity index (χ3v) is 6.23. The highest BCUT2D eigenvalue weighted by atomic mass is 32.2. The van der Waals surface area contributed by atoms with E-state index in [0.717, 1.165) is 16.3 Å². The molecule has 0 spiro atoms. The molecule has 29 heavy (non-hydrogen) atoms. The van der Waals surface area contributed by atoms with Gasteiger partial charge in [0.1, 0.15) is 12.0 Å². The Balaban J connectivity index is 1.57. The maximum atomic E-state index is 12.8. The van der Waals surface area contributed by atoms with Gasteiger partial charge in [0.25, 0.3) is 0 Å². The van der Waals surface area contributed by atoms with Crippen LogP contribution >= 0.6 is 11.8 Å². The summed E-state index contributed by atoms with van der Waals surface area (Å²) in [5.74, 6) is -0.317. The maximum Gasteiger partial charge on any atom is 0.344 e. The predicted octanol–water partition coefficient (Wildman–Crippen LogP) is 1.49. The summed E-state index contributed by atoms with van der Waals surface area (Å²) in [7, 11) is 1.50. The van der Waals surface area contributed by atoms with Crippen molar-refractivity contribution in [2.24, 2.45) is 0 Å². The Kier molecular flexibility index (Phi) is 5.42. The lowest BCUT2D eigenvalue weighted by Gasteiger charge is -2.14. The van der Waals surface area contributed by atoms with E-state index in [4.69, 9.17) is 9.47 Å². The molecule has 0 radical (unpaired) electrons. The molecule has 1 aliphatic heterocycles. The van der Waals surface area contributed by atoms with E-state index in [0.29, 0.717) is 22.8 Å². The molecule has 0 aliphatic carbocycles. The van der Waals surface area contributed by atoms with Gasteiger partial charge in [-0.05, 0) is 35.0 Å². The highest BCUT2D eigenvalue weighted by molar-refractivity contribution is 7.99. The van der Waals surface area contributed by atoms with E-state index in [9.17, 15) is 14.7 Å². The largest absolute Gasteiger partial charge is 0.544 e. The van der Waals surface area contributed by atoms with Gasteiger partial charge in [-0.2, -0.15) is 0 Å². The lowest BCUT2D eigenvalue weighted by molar-refractivity contribution is -0.690. The molecule has 3 aromatic carbocycles. The van der Waals surface area contributed by atoms with Crippen molar-refractivity contribution in [2.45, 2.75) is 11.4 Å². The average Bonchev–Trinajstić information content (AvgIpc) is 3.24. The summed E-state index contributed by atoms with van der Waals surface area (Å²) in [6, 6.07) is 17.8. The van der Waals surface area contributed by atoms with Crippen LogP contribution in [0.2, 0.25) is 0 Å². The second-order valence-electron chi connectivity index (χ2n) is 6.70. The number of thioether (sulfide) groups is 1. The molecule has 148 valence electrons. The van der Waals surface area contributed by atoms with Crippen molar-refractivity contribution in [1.82, 2.24) is 0 Å². The first-order valence-electron chi connectivity index (χ1n) is 9.12. The molecule has 2 atom stereocenters. The number of hydrogen-bond acceptors (Lipinski definition) is 6. The van der Waals surface area contributed by atoms with Gasteiger partial charge in [0.15, 0.2) is 16.9 Å². The predicted molar refractivity (Wildman–Crippen MR) is 108 cm³/mol. The van der Waals surface area contributed by atoms with Crippen LogP contribution in [0.15, 0.2) is 60.7 Å². The first kappa shape index (κ1) is 19.3. The minimum Gasteiger partial charge on any atom is -0.544 e. The Morgan fingerprint density at radius 2 is 1.86 bits per heavy atom. The van der Waals surface area contributed by atoms with Crippen LogP contribution in [-0.2, 0) is 4.79 Å². The topological polar surface area (TPSA) is 92.3 Å². The Morgan fingerprint density at radius 3 is 2.62 bits per heavy atom. The van der Waals surface area contributed by atoms with Gasteiger partial charge in [-0.15, -0.1) is 0 Å². The number of methoxy groups -OCH3 is 1. The number of carbonyl (C=O) groups is 2. The molecular weight excluding hydrogens is 390 g/mol. The molecule has 0 saturated carbocycles. The van der Waals surface area contributed by atoms with Crippen LogP contribution in [0.25, 0.3) is 10.8 Å². The molecule has 7 heteroatoms. The fourth-order valence-electron chi connectivity index (χ4n) is 3.39. The first-order valence-corrected chi connectivity index (χ1v) is 10.2. The summed E-state index contributed by atoms with van der Waals surface area (Å²) in [6.07, 6.45) is 0. The number of rotatable bonds is 5. The standard InChI is InChI=1S/C22H19NO5S/c1-27-19-11-14(20-23-17(12-29-20)21(24)25)9-10-18(19)28-22(26)16-8-4-6-13-5-2-3-7-15(13)16/h2-11,17,20,23H,12H2,1H3,(H,24,25)/t17-,20+/m1/s1. The number of carboxylic acids is 1. The van der Waals surface area contributed by atoms with Crippen LogP contribution in [-0.4, -0.2) is 30.8 Å². The van der Waals surface area contributed by atoms with Crippen molar-refractivity contribution >= 4 is 34.5 Å². The van der Waals surface area contributed by atoms with E-state index in [1.807, 2.05) is 42.5 Å². The van der Waals surface area contributed by atoms with Gasteiger partial charge in [0, 0.05) is 5.56 Å². The summed E-state index contributed by atoms with van der Waals surface area (Å²) < 4.78 is 11.0. The van der Waals surface area contributed by atoms with Crippen LogP contribution in [0.4, 0.5) is 0 Å². The zero-order valence-electron chi connectivity index (χ0n) is 15.7. The molecule has 2 N–H and O–H groups in total. The number of benzene rings is 3. The van der Waals surface area contributed by atoms with Crippen LogP contribution in [0, 0.1) is 0 Å². The van der Waals surface area contributed by atoms with Gasteiger partial charge in [-0.1, -0.05) is 48.2 Å². The SMILES string of the molecule is COc1cc([C@H]2[NH2+][C@@H](C(=O)[O-])CS2)ccc1OC(=O)c1cccc2ccccc12. The number of carboxylic acid groups (broad SMARTS) is 1. The third-order valence-electron chi connectivity index (χ3n) is 4.89. The lowest BCUT2D eigenvalue weighted by Crippen LogP contribution is -2.90. The van der Waals surface area contributed by atoms with Crippen molar-refractivity contribution in [3.05, 3.63) is 71.8 Å². The Labute approximate surface area is 171 Å². The highest BCUT2D eigenvalue weighted by Gasteiger charge is 2.31. The van der Waals surface area contributed by atoms with Crippen molar-refractivity contribution in [3.8, 4) is 11.5 Å². The van der Waals surface area contributed by atoms with Crippen LogP contribution < -0.4 is 19.9 Å². The van der Waals surface area contributed by atoms with E-state index in [1.54, 1.807) is 23.5 Å². The third kappa shape index (κ3) is 3.92.